The van der Waals surface area contributed by atoms with Crippen molar-refractivity contribution in [3.63, 3.8) is 0 Å². The molecule has 2 heteroatoms. The van der Waals surface area contributed by atoms with E-state index in [2.05, 4.69) is 49.2 Å². The Morgan fingerprint density at radius 1 is 1.20 bits per heavy atom. The lowest BCUT2D eigenvalue weighted by Crippen LogP contribution is -2.33. The van der Waals surface area contributed by atoms with Crippen LogP contribution in [0.3, 0.4) is 0 Å². The fourth-order valence-corrected chi connectivity index (χ4v) is 2.54. The number of rotatable bonds is 11. The zero-order valence-electron chi connectivity index (χ0n) is 13.0. The molecule has 0 bridgehead atoms. The average molecular weight is 275 g/mol. The molecule has 20 heavy (non-hydrogen) atoms. The van der Waals surface area contributed by atoms with E-state index in [9.17, 15) is 0 Å². The molecule has 0 spiro atoms. The SMILES string of the molecule is C=CCCCCCC(NC)C(OCC)c1ccccc1. The molecule has 0 aliphatic heterocycles. The summed E-state index contributed by atoms with van der Waals surface area (Å²) in [6.45, 7) is 6.58. The van der Waals surface area contributed by atoms with Gasteiger partial charge < -0.3 is 10.1 Å². The highest BCUT2D eigenvalue weighted by Crippen LogP contribution is 2.24. The van der Waals surface area contributed by atoms with Gasteiger partial charge in [-0.25, -0.2) is 0 Å². The van der Waals surface area contributed by atoms with E-state index in [1.165, 1.54) is 24.8 Å². The Morgan fingerprint density at radius 2 is 1.95 bits per heavy atom. The van der Waals surface area contributed by atoms with Crippen LogP contribution < -0.4 is 5.32 Å². The molecular formula is C18H29NO. The highest BCUT2D eigenvalue weighted by Gasteiger charge is 2.21. The van der Waals surface area contributed by atoms with Gasteiger partial charge in [0.1, 0.15) is 0 Å². The van der Waals surface area contributed by atoms with Gasteiger partial charge in [-0.3, -0.25) is 0 Å². The second-order valence-corrected chi connectivity index (χ2v) is 5.11. The number of ether oxygens (including phenoxy) is 1. The highest BCUT2D eigenvalue weighted by molar-refractivity contribution is 5.19. The third-order valence-electron chi connectivity index (χ3n) is 3.63. The fraction of sp³-hybridized carbons (Fsp3) is 0.556. The number of unbranched alkanes of at least 4 members (excludes halogenated alkanes) is 3. The summed E-state index contributed by atoms with van der Waals surface area (Å²) in [6, 6.07) is 10.9. The Kier molecular flexibility index (Phi) is 9.01. The van der Waals surface area contributed by atoms with E-state index in [1.807, 2.05) is 13.1 Å². The smallest absolute Gasteiger partial charge is 0.0977 e. The Morgan fingerprint density at radius 3 is 2.55 bits per heavy atom. The van der Waals surface area contributed by atoms with Crippen LogP contribution >= 0.6 is 0 Å². The minimum absolute atomic E-state index is 0.144. The van der Waals surface area contributed by atoms with Crippen molar-refractivity contribution in [1.29, 1.82) is 0 Å². The topological polar surface area (TPSA) is 21.3 Å². The van der Waals surface area contributed by atoms with Crippen molar-refractivity contribution >= 4 is 0 Å². The summed E-state index contributed by atoms with van der Waals surface area (Å²) in [5.74, 6) is 0. The number of hydrogen-bond donors (Lipinski definition) is 1. The summed E-state index contributed by atoms with van der Waals surface area (Å²) in [4.78, 5) is 0. The van der Waals surface area contributed by atoms with E-state index in [4.69, 9.17) is 4.74 Å². The van der Waals surface area contributed by atoms with Gasteiger partial charge in [-0.05, 0) is 38.8 Å². The van der Waals surface area contributed by atoms with Crippen LogP contribution in [0.4, 0.5) is 0 Å². The molecule has 2 nitrogen and oxygen atoms in total. The van der Waals surface area contributed by atoms with Gasteiger partial charge in [0.25, 0.3) is 0 Å². The van der Waals surface area contributed by atoms with Gasteiger partial charge in [0.2, 0.25) is 0 Å². The van der Waals surface area contributed by atoms with Crippen molar-refractivity contribution in [2.45, 2.75) is 51.2 Å². The van der Waals surface area contributed by atoms with Crippen molar-refractivity contribution < 1.29 is 4.74 Å². The number of likely N-dealkylation sites (N-methyl/N-ethyl adjacent to an activating group) is 1. The largest absolute Gasteiger partial charge is 0.372 e. The first-order chi connectivity index (χ1) is 9.83. The fourth-order valence-electron chi connectivity index (χ4n) is 2.54. The number of nitrogens with one attached hydrogen (secondary N) is 1. The Labute approximate surface area is 124 Å². The van der Waals surface area contributed by atoms with Crippen LogP contribution in [-0.4, -0.2) is 19.7 Å². The quantitative estimate of drug-likeness (QED) is 0.474. The summed E-state index contributed by atoms with van der Waals surface area (Å²) in [5.41, 5.74) is 1.26. The van der Waals surface area contributed by atoms with Crippen molar-refractivity contribution in [3.8, 4) is 0 Å². The monoisotopic (exact) mass is 275 g/mol. The summed E-state index contributed by atoms with van der Waals surface area (Å²) in [7, 11) is 2.03. The van der Waals surface area contributed by atoms with Gasteiger partial charge >= 0.3 is 0 Å². The van der Waals surface area contributed by atoms with Crippen LogP contribution in [0.25, 0.3) is 0 Å². The standard InChI is InChI=1S/C18H29NO/c1-4-6-7-8-12-15-17(19-3)18(20-5-2)16-13-10-9-11-14-16/h4,9-11,13-14,17-19H,1,5-8,12,15H2,2-3H3. The maximum absolute atomic E-state index is 5.98. The van der Waals surface area contributed by atoms with E-state index < -0.39 is 0 Å². The number of allylic oxidation sites excluding steroid dienone is 1. The maximum Gasteiger partial charge on any atom is 0.0977 e. The highest BCUT2D eigenvalue weighted by atomic mass is 16.5. The molecule has 0 fully saturated rings. The Balaban J connectivity index is 2.55. The summed E-state index contributed by atoms with van der Waals surface area (Å²) < 4.78 is 5.98. The van der Waals surface area contributed by atoms with Crippen LogP contribution in [0.15, 0.2) is 43.0 Å². The van der Waals surface area contributed by atoms with Gasteiger partial charge in [0.15, 0.2) is 0 Å². The van der Waals surface area contributed by atoms with E-state index >= 15 is 0 Å². The van der Waals surface area contributed by atoms with Crippen molar-refractivity contribution in [2.24, 2.45) is 0 Å². The van der Waals surface area contributed by atoms with Crippen molar-refractivity contribution in [2.75, 3.05) is 13.7 Å². The molecular weight excluding hydrogens is 246 g/mol. The molecule has 0 amide bonds. The molecule has 0 aromatic heterocycles. The maximum atomic E-state index is 5.98. The van der Waals surface area contributed by atoms with Crippen LogP contribution in [0, 0.1) is 0 Å². The van der Waals surface area contributed by atoms with Crippen LogP contribution in [0.5, 0.6) is 0 Å². The summed E-state index contributed by atoms with van der Waals surface area (Å²) >= 11 is 0. The molecule has 1 aromatic rings. The second kappa shape index (κ2) is 10.6. The first kappa shape index (κ1) is 16.9. The number of benzene rings is 1. The minimum atomic E-state index is 0.144. The summed E-state index contributed by atoms with van der Waals surface area (Å²) in [6.07, 6.45) is 8.15. The van der Waals surface area contributed by atoms with E-state index in [1.54, 1.807) is 0 Å². The van der Waals surface area contributed by atoms with Gasteiger partial charge in [-0.15, -0.1) is 6.58 Å². The molecule has 0 aliphatic carbocycles. The van der Waals surface area contributed by atoms with Gasteiger partial charge in [0.05, 0.1) is 6.10 Å². The lowest BCUT2D eigenvalue weighted by molar-refractivity contribution is 0.0322. The molecule has 0 heterocycles. The van der Waals surface area contributed by atoms with Crippen molar-refractivity contribution in [1.82, 2.24) is 5.32 Å². The average Bonchev–Trinajstić information content (AvgIpc) is 2.50. The molecule has 0 saturated carbocycles. The first-order valence-electron chi connectivity index (χ1n) is 7.78. The van der Waals surface area contributed by atoms with E-state index in [-0.39, 0.29) is 6.10 Å². The van der Waals surface area contributed by atoms with Gasteiger partial charge in [-0.2, -0.15) is 0 Å². The predicted octanol–water partition coefficient (Wildman–Crippen LogP) is 4.49. The zero-order valence-corrected chi connectivity index (χ0v) is 13.0. The van der Waals surface area contributed by atoms with Crippen LogP contribution in [0.2, 0.25) is 0 Å². The normalized spacial score (nSPS) is 13.9. The molecule has 2 unspecified atom stereocenters. The molecule has 1 N–H and O–H groups in total. The lowest BCUT2D eigenvalue weighted by atomic mass is 9.97. The predicted molar refractivity (Wildman–Crippen MR) is 86.9 cm³/mol. The Bertz CT molecular complexity index is 350. The third-order valence-corrected chi connectivity index (χ3v) is 3.63. The third kappa shape index (κ3) is 5.89. The first-order valence-corrected chi connectivity index (χ1v) is 7.78. The molecule has 112 valence electrons. The summed E-state index contributed by atoms with van der Waals surface area (Å²) in [5, 5.41) is 3.43. The van der Waals surface area contributed by atoms with Crippen LogP contribution in [-0.2, 0) is 4.74 Å². The minimum Gasteiger partial charge on any atom is -0.372 e. The molecule has 0 aliphatic rings. The van der Waals surface area contributed by atoms with Gasteiger partial charge in [-0.1, -0.05) is 49.2 Å². The van der Waals surface area contributed by atoms with E-state index in [0.29, 0.717) is 6.04 Å². The molecule has 0 saturated heterocycles. The lowest BCUT2D eigenvalue weighted by Gasteiger charge is -2.27. The number of hydrogen-bond acceptors (Lipinski definition) is 2. The van der Waals surface area contributed by atoms with E-state index in [0.717, 1.165) is 19.4 Å². The second-order valence-electron chi connectivity index (χ2n) is 5.11. The zero-order chi connectivity index (χ0) is 14.6. The Hall–Kier alpha value is -1.12. The van der Waals surface area contributed by atoms with Crippen LogP contribution in [0.1, 0.15) is 50.7 Å². The molecule has 1 rings (SSSR count). The van der Waals surface area contributed by atoms with Gasteiger partial charge in [0, 0.05) is 12.6 Å². The van der Waals surface area contributed by atoms with Crippen molar-refractivity contribution in [3.05, 3.63) is 48.6 Å². The molecule has 2 atom stereocenters. The molecule has 0 radical (unpaired) electrons. The molecule has 1 aromatic carbocycles.